The van der Waals surface area contributed by atoms with Crippen LogP contribution in [-0.2, 0) is 21.4 Å². The van der Waals surface area contributed by atoms with Crippen LogP contribution in [0, 0.1) is 0 Å². The van der Waals surface area contributed by atoms with Gasteiger partial charge in [-0.15, -0.1) is 0 Å². The first kappa shape index (κ1) is 18.2. The van der Waals surface area contributed by atoms with Gasteiger partial charge in [0.25, 0.3) is 10.2 Å². The summed E-state index contributed by atoms with van der Waals surface area (Å²) in [5, 5.41) is 0. The van der Waals surface area contributed by atoms with E-state index in [1.165, 1.54) is 4.31 Å². The topological polar surface area (TPSA) is 77.1 Å². The van der Waals surface area contributed by atoms with Crippen molar-refractivity contribution in [1.29, 1.82) is 0 Å². The van der Waals surface area contributed by atoms with E-state index in [-0.39, 0.29) is 5.91 Å². The summed E-state index contributed by atoms with van der Waals surface area (Å²) >= 11 is 0. The molecule has 3 rings (SSSR count). The molecule has 0 unspecified atom stereocenters. The minimum Gasteiger partial charge on any atom is -0.340 e. The second-order valence-corrected chi connectivity index (χ2v) is 8.46. The molecule has 138 valence electrons. The van der Waals surface area contributed by atoms with Gasteiger partial charge in [-0.3, -0.25) is 9.78 Å². The molecule has 2 fully saturated rings. The highest BCUT2D eigenvalue weighted by atomic mass is 32.2. The van der Waals surface area contributed by atoms with Crippen molar-refractivity contribution in [2.45, 2.75) is 6.42 Å². The van der Waals surface area contributed by atoms with Gasteiger partial charge < -0.3 is 9.80 Å². The van der Waals surface area contributed by atoms with Gasteiger partial charge in [0.1, 0.15) is 0 Å². The van der Waals surface area contributed by atoms with Gasteiger partial charge in [0.15, 0.2) is 0 Å². The third-order valence-corrected chi connectivity index (χ3v) is 6.82. The van der Waals surface area contributed by atoms with Gasteiger partial charge in [-0.1, -0.05) is 6.07 Å². The Balaban J connectivity index is 1.53. The van der Waals surface area contributed by atoms with E-state index in [4.69, 9.17) is 0 Å². The Morgan fingerprint density at radius 3 is 2.20 bits per heavy atom. The molecule has 0 atom stereocenters. The molecule has 9 heteroatoms. The van der Waals surface area contributed by atoms with Gasteiger partial charge in [-0.05, 0) is 18.7 Å². The third-order valence-electron chi connectivity index (χ3n) is 4.78. The van der Waals surface area contributed by atoms with Crippen LogP contribution in [0.2, 0.25) is 0 Å². The highest BCUT2D eigenvalue weighted by Crippen LogP contribution is 2.15. The van der Waals surface area contributed by atoms with E-state index in [1.54, 1.807) is 21.6 Å². The monoisotopic (exact) mass is 367 g/mol. The molecule has 2 aliphatic rings. The first-order chi connectivity index (χ1) is 12.0. The number of carbonyl (C=O) groups excluding carboxylic acids is 1. The zero-order valence-corrected chi connectivity index (χ0v) is 15.4. The van der Waals surface area contributed by atoms with E-state index in [9.17, 15) is 13.2 Å². The Labute approximate surface area is 149 Å². The van der Waals surface area contributed by atoms with E-state index in [1.807, 2.05) is 19.2 Å². The number of nitrogens with zero attached hydrogens (tertiary/aromatic N) is 5. The van der Waals surface area contributed by atoms with Crippen molar-refractivity contribution < 1.29 is 13.2 Å². The standard InChI is InChI=1S/C16H25N5O3S/c1-18-5-9-20(10-6-18)25(23,24)21-11-7-19(8-12-21)16(22)13-15-3-2-4-17-14-15/h2-4,14H,5-13H2,1H3. The predicted molar refractivity (Wildman–Crippen MR) is 94.1 cm³/mol. The zero-order valence-electron chi connectivity index (χ0n) is 14.5. The number of carbonyl (C=O) groups is 1. The Morgan fingerprint density at radius 2 is 1.64 bits per heavy atom. The van der Waals surface area contributed by atoms with E-state index in [0.717, 1.165) is 18.7 Å². The quantitative estimate of drug-likeness (QED) is 0.701. The lowest BCUT2D eigenvalue weighted by Crippen LogP contribution is -2.57. The molecule has 0 bridgehead atoms. The first-order valence-electron chi connectivity index (χ1n) is 8.57. The molecule has 1 aromatic heterocycles. The van der Waals surface area contributed by atoms with Crippen LogP contribution in [0.3, 0.4) is 0 Å². The van der Waals surface area contributed by atoms with Crippen molar-refractivity contribution in [2.24, 2.45) is 0 Å². The average Bonchev–Trinajstić information content (AvgIpc) is 2.63. The second kappa shape index (κ2) is 7.77. The number of aromatic nitrogens is 1. The molecule has 2 saturated heterocycles. The summed E-state index contributed by atoms with van der Waals surface area (Å²) in [7, 11) is -1.43. The van der Waals surface area contributed by atoms with Gasteiger partial charge in [-0.2, -0.15) is 17.0 Å². The number of amides is 1. The Morgan fingerprint density at radius 1 is 1.04 bits per heavy atom. The highest BCUT2D eigenvalue weighted by Gasteiger charge is 2.34. The molecule has 3 heterocycles. The van der Waals surface area contributed by atoms with Crippen molar-refractivity contribution in [1.82, 2.24) is 23.4 Å². The van der Waals surface area contributed by atoms with Crippen LogP contribution in [0.4, 0.5) is 0 Å². The molecule has 0 saturated carbocycles. The molecule has 0 N–H and O–H groups in total. The SMILES string of the molecule is CN1CCN(S(=O)(=O)N2CCN(C(=O)Cc3cccnc3)CC2)CC1. The summed E-state index contributed by atoms with van der Waals surface area (Å²) in [6, 6.07) is 3.68. The predicted octanol–water partition coefficient (Wildman–Crippen LogP) is -0.739. The summed E-state index contributed by atoms with van der Waals surface area (Å²) in [5.74, 6) is 0.0182. The highest BCUT2D eigenvalue weighted by molar-refractivity contribution is 7.86. The molecule has 2 aliphatic heterocycles. The number of piperazine rings is 2. The zero-order chi connectivity index (χ0) is 17.9. The van der Waals surface area contributed by atoms with Gasteiger partial charge in [-0.25, -0.2) is 0 Å². The van der Waals surface area contributed by atoms with Crippen LogP contribution in [-0.4, -0.2) is 97.1 Å². The molecule has 0 aliphatic carbocycles. The Bertz CT molecular complexity index is 681. The number of likely N-dealkylation sites (N-methyl/N-ethyl adjacent to an activating group) is 1. The van der Waals surface area contributed by atoms with E-state index in [0.29, 0.717) is 45.7 Å². The summed E-state index contributed by atoms with van der Waals surface area (Å²) < 4.78 is 28.5. The average molecular weight is 367 g/mol. The molecule has 8 nitrogen and oxygen atoms in total. The van der Waals surface area contributed by atoms with Crippen LogP contribution >= 0.6 is 0 Å². The first-order valence-corrected chi connectivity index (χ1v) is 9.97. The van der Waals surface area contributed by atoms with Crippen molar-refractivity contribution >= 4 is 16.1 Å². The fourth-order valence-electron chi connectivity index (χ4n) is 3.14. The van der Waals surface area contributed by atoms with E-state index >= 15 is 0 Å². The summed E-state index contributed by atoms with van der Waals surface area (Å²) in [6.07, 6.45) is 3.67. The molecular formula is C16H25N5O3S. The largest absolute Gasteiger partial charge is 0.340 e. The maximum atomic E-state index is 12.7. The number of hydrogen-bond acceptors (Lipinski definition) is 5. The lowest BCUT2D eigenvalue weighted by Gasteiger charge is -2.39. The molecule has 0 aromatic carbocycles. The van der Waals surface area contributed by atoms with Crippen LogP contribution in [0.1, 0.15) is 5.56 Å². The lowest BCUT2D eigenvalue weighted by molar-refractivity contribution is -0.131. The van der Waals surface area contributed by atoms with Crippen molar-refractivity contribution in [3.05, 3.63) is 30.1 Å². The normalized spacial score (nSPS) is 21.4. The Hall–Kier alpha value is -1.55. The van der Waals surface area contributed by atoms with Crippen LogP contribution in [0.5, 0.6) is 0 Å². The molecule has 0 spiro atoms. The molecule has 0 radical (unpaired) electrons. The molecule has 25 heavy (non-hydrogen) atoms. The summed E-state index contributed by atoms with van der Waals surface area (Å²) in [5.41, 5.74) is 0.875. The van der Waals surface area contributed by atoms with Gasteiger partial charge in [0.2, 0.25) is 5.91 Å². The van der Waals surface area contributed by atoms with Gasteiger partial charge >= 0.3 is 0 Å². The Kier molecular flexibility index (Phi) is 5.67. The smallest absolute Gasteiger partial charge is 0.282 e. The minimum atomic E-state index is -3.42. The fourth-order valence-corrected chi connectivity index (χ4v) is 4.72. The number of hydrogen-bond donors (Lipinski definition) is 0. The maximum absolute atomic E-state index is 12.7. The maximum Gasteiger partial charge on any atom is 0.282 e. The van der Waals surface area contributed by atoms with Crippen molar-refractivity contribution in [3.63, 3.8) is 0 Å². The summed E-state index contributed by atoms with van der Waals surface area (Å²) in [6.45, 7) is 4.14. The molecular weight excluding hydrogens is 342 g/mol. The van der Waals surface area contributed by atoms with Crippen LogP contribution in [0.25, 0.3) is 0 Å². The minimum absolute atomic E-state index is 0.0182. The van der Waals surface area contributed by atoms with Crippen molar-refractivity contribution in [3.8, 4) is 0 Å². The number of rotatable bonds is 4. The fraction of sp³-hybridized carbons (Fsp3) is 0.625. The van der Waals surface area contributed by atoms with Gasteiger partial charge in [0, 0.05) is 64.8 Å². The lowest BCUT2D eigenvalue weighted by atomic mass is 10.2. The summed E-state index contributed by atoms with van der Waals surface area (Å²) in [4.78, 5) is 20.3. The van der Waals surface area contributed by atoms with Crippen molar-refractivity contribution in [2.75, 3.05) is 59.4 Å². The van der Waals surface area contributed by atoms with E-state index in [2.05, 4.69) is 9.88 Å². The molecule has 1 amide bonds. The third kappa shape index (κ3) is 4.35. The second-order valence-electron chi connectivity index (χ2n) is 6.53. The van der Waals surface area contributed by atoms with Crippen LogP contribution < -0.4 is 0 Å². The van der Waals surface area contributed by atoms with Crippen LogP contribution in [0.15, 0.2) is 24.5 Å². The van der Waals surface area contributed by atoms with E-state index < -0.39 is 10.2 Å². The van der Waals surface area contributed by atoms with Gasteiger partial charge in [0.05, 0.1) is 6.42 Å². The number of pyridine rings is 1. The molecule has 1 aromatic rings.